The highest BCUT2D eigenvalue weighted by Crippen LogP contribution is 2.36. The van der Waals surface area contributed by atoms with Gasteiger partial charge in [-0.3, -0.25) is 0 Å². The first kappa shape index (κ1) is 9.12. The molecule has 3 nitrogen and oxygen atoms in total. The average Bonchev–Trinajstić information content (AvgIpc) is 2.48. The third kappa shape index (κ3) is 1.49. The predicted octanol–water partition coefficient (Wildman–Crippen LogP) is 1.01. The van der Waals surface area contributed by atoms with Crippen molar-refractivity contribution in [1.29, 1.82) is 0 Å². The average molecular weight is 198 g/mol. The van der Waals surface area contributed by atoms with Crippen LogP contribution < -0.4 is 5.73 Å². The Morgan fingerprint density at radius 3 is 3.15 bits per heavy atom. The zero-order chi connectivity index (χ0) is 9.42. The molecule has 3 N–H and O–H groups in total. The SMILES string of the molecule is Cc1nsc2c1C(O)CC(CN)C2. The summed E-state index contributed by atoms with van der Waals surface area (Å²) >= 11 is 1.51. The summed E-state index contributed by atoms with van der Waals surface area (Å²) in [5.41, 5.74) is 7.66. The number of nitrogens with two attached hydrogens (primary N) is 1. The first-order valence-corrected chi connectivity index (χ1v) is 5.33. The molecule has 1 aliphatic carbocycles. The Hall–Kier alpha value is -0.450. The fraction of sp³-hybridized carbons (Fsp3) is 0.667. The molecule has 2 rings (SSSR count). The van der Waals surface area contributed by atoms with E-state index in [1.54, 1.807) is 0 Å². The van der Waals surface area contributed by atoms with Crippen LogP contribution in [0.1, 0.15) is 28.7 Å². The molecule has 0 saturated carbocycles. The van der Waals surface area contributed by atoms with E-state index in [4.69, 9.17) is 5.73 Å². The lowest BCUT2D eigenvalue weighted by molar-refractivity contribution is 0.134. The van der Waals surface area contributed by atoms with Crippen LogP contribution in [0.2, 0.25) is 0 Å². The summed E-state index contributed by atoms with van der Waals surface area (Å²) in [4.78, 5) is 1.23. The number of rotatable bonds is 1. The summed E-state index contributed by atoms with van der Waals surface area (Å²) in [5.74, 6) is 0.433. The maximum atomic E-state index is 9.84. The Balaban J connectivity index is 2.33. The number of aryl methyl sites for hydroxylation is 1. The van der Waals surface area contributed by atoms with Crippen LogP contribution in [0.5, 0.6) is 0 Å². The molecule has 0 saturated heterocycles. The molecule has 0 radical (unpaired) electrons. The van der Waals surface area contributed by atoms with Crippen molar-refractivity contribution in [1.82, 2.24) is 4.37 Å². The molecule has 72 valence electrons. The van der Waals surface area contributed by atoms with E-state index in [0.717, 1.165) is 24.1 Å². The Morgan fingerprint density at radius 2 is 2.46 bits per heavy atom. The summed E-state index contributed by atoms with van der Waals surface area (Å²) in [6.45, 7) is 2.62. The molecule has 1 aliphatic rings. The number of fused-ring (bicyclic) bond motifs is 1. The molecule has 1 heterocycles. The summed E-state index contributed by atoms with van der Waals surface area (Å²) in [7, 11) is 0. The molecule has 13 heavy (non-hydrogen) atoms. The Morgan fingerprint density at radius 1 is 1.69 bits per heavy atom. The molecule has 0 aliphatic heterocycles. The second-order valence-corrected chi connectivity index (χ2v) is 4.52. The number of aliphatic hydroxyl groups is 1. The van der Waals surface area contributed by atoms with Gasteiger partial charge in [0.2, 0.25) is 0 Å². The standard InChI is InChI=1S/C9H14N2OS/c1-5-9-7(12)2-6(4-10)3-8(9)13-11-5/h6-7,12H,2-4,10H2,1H3. The lowest BCUT2D eigenvalue weighted by Gasteiger charge is -2.24. The van der Waals surface area contributed by atoms with Crippen molar-refractivity contribution in [2.45, 2.75) is 25.9 Å². The largest absolute Gasteiger partial charge is 0.388 e. The second kappa shape index (κ2) is 3.36. The van der Waals surface area contributed by atoms with Crippen LogP contribution in [0.4, 0.5) is 0 Å². The molecule has 0 amide bonds. The third-order valence-corrected chi connectivity index (χ3v) is 3.65. The van der Waals surface area contributed by atoms with Crippen LogP contribution in [0, 0.1) is 12.8 Å². The van der Waals surface area contributed by atoms with Gasteiger partial charge in [0.25, 0.3) is 0 Å². The molecular formula is C9H14N2OS. The van der Waals surface area contributed by atoms with Crippen LogP contribution in [0.3, 0.4) is 0 Å². The molecular weight excluding hydrogens is 184 g/mol. The van der Waals surface area contributed by atoms with E-state index in [2.05, 4.69) is 4.37 Å². The number of hydrogen-bond acceptors (Lipinski definition) is 4. The summed E-state index contributed by atoms with van der Waals surface area (Å²) in [5, 5.41) is 9.84. The predicted molar refractivity (Wildman–Crippen MR) is 52.7 cm³/mol. The van der Waals surface area contributed by atoms with E-state index in [0.29, 0.717) is 12.5 Å². The molecule has 1 aromatic rings. The van der Waals surface area contributed by atoms with Crippen LogP contribution in [0.25, 0.3) is 0 Å². The van der Waals surface area contributed by atoms with Gasteiger partial charge in [0.15, 0.2) is 0 Å². The fourth-order valence-corrected chi connectivity index (χ4v) is 2.99. The minimum atomic E-state index is -0.337. The van der Waals surface area contributed by atoms with Gasteiger partial charge in [0.1, 0.15) is 0 Å². The van der Waals surface area contributed by atoms with Crippen LogP contribution in [-0.4, -0.2) is 16.0 Å². The Labute approximate surface area is 81.8 Å². The summed E-state index contributed by atoms with van der Waals surface area (Å²) in [6.07, 6.45) is 1.45. The van der Waals surface area contributed by atoms with Gasteiger partial charge in [-0.05, 0) is 43.8 Å². The van der Waals surface area contributed by atoms with E-state index < -0.39 is 0 Å². The highest BCUT2D eigenvalue weighted by atomic mass is 32.1. The van der Waals surface area contributed by atoms with Crippen LogP contribution in [-0.2, 0) is 6.42 Å². The van der Waals surface area contributed by atoms with Crippen molar-refractivity contribution in [3.05, 3.63) is 16.1 Å². The minimum absolute atomic E-state index is 0.337. The highest BCUT2D eigenvalue weighted by Gasteiger charge is 2.28. The quantitative estimate of drug-likeness (QED) is 0.708. The number of aromatic nitrogens is 1. The van der Waals surface area contributed by atoms with Crippen molar-refractivity contribution >= 4 is 11.5 Å². The topological polar surface area (TPSA) is 59.1 Å². The molecule has 0 spiro atoms. The summed E-state index contributed by atoms with van der Waals surface area (Å²) in [6, 6.07) is 0. The second-order valence-electron chi connectivity index (χ2n) is 3.66. The van der Waals surface area contributed by atoms with Gasteiger partial charge < -0.3 is 10.8 Å². The minimum Gasteiger partial charge on any atom is -0.388 e. The monoisotopic (exact) mass is 198 g/mol. The maximum absolute atomic E-state index is 9.84. The van der Waals surface area contributed by atoms with E-state index in [9.17, 15) is 5.11 Å². The normalized spacial score (nSPS) is 27.3. The smallest absolute Gasteiger partial charge is 0.0822 e. The van der Waals surface area contributed by atoms with E-state index >= 15 is 0 Å². The molecule has 0 bridgehead atoms. The third-order valence-electron chi connectivity index (χ3n) is 2.68. The molecule has 1 aromatic heterocycles. The van der Waals surface area contributed by atoms with Crippen LogP contribution >= 0.6 is 11.5 Å². The number of nitrogens with zero attached hydrogens (tertiary/aromatic N) is 1. The number of aliphatic hydroxyl groups excluding tert-OH is 1. The highest BCUT2D eigenvalue weighted by molar-refractivity contribution is 7.06. The molecule has 2 atom stereocenters. The van der Waals surface area contributed by atoms with Crippen molar-refractivity contribution in [2.24, 2.45) is 11.7 Å². The first-order valence-electron chi connectivity index (χ1n) is 4.55. The van der Waals surface area contributed by atoms with E-state index in [-0.39, 0.29) is 6.10 Å². The van der Waals surface area contributed by atoms with Crippen molar-refractivity contribution in [3.8, 4) is 0 Å². The van der Waals surface area contributed by atoms with Gasteiger partial charge in [0, 0.05) is 10.4 Å². The lowest BCUT2D eigenvalue weighted by Crippen LogP contribution is -2.24. The number of hydrogen-bond donors (Lipinski definition) is 2. The maximum Gasteiger partial charge on any atom is 0.0822 e. The van der Waals surface area contributed by atoms with Crippen LogP contribution in [0.15, 0.2) is 0 Å². The fourth-order valence-electron chi connectivity index (χ4n) is 1.96. The lowest BCUT2D eigenvalue weighted by atomic mass is 9.86. The molecule has 0 aromatic carbocycles. The van der Waals surface area contributed by atoms with Gasteiger partial charge >= 0.3 is 0 Å². The van der Waals surface area contributed by atoms with Gasteiger partial charge in [-0.1, -0.05) is 0 Å². The van der Waals surface area contributed by atoms with Gasteiger partial charge in [-0.2, -0.15) is 4.37 Å². The van der Waals surface area contributed by atoms with Crippen molar-refractivity contribution < 1.29 is 5.11 Å². The molecule has 4 heteroatoms. The molecule has 0 fully saturated rings. The zero-order valence-corrected chi connectivity index (χ0v) is 8.47. The van der Waals surface area contributed by atoms with Gasteiger partial charge in [-0.25, -0.2) is 0 Å². The Bertz CT molecular complexity index is 311. The van der Waals surface area contributed by atoms with Crippen molar-refractivity contribution in [3.63, 3.8) is 0 Å². The zero-order valence-electron chi connectivity index (χ0n) is 7.66. The van der Waals surface area contributed by atoms with E-state index in [1.165, 1.54) is 16.4 Å². The first-order chi connectivity index (χ1) is 6.22. The molecule has 2 unspecified atom stereocenters. The van der Waals surface area contributed by atoms with E-state index in [1.807, 2.05) is 6.92 Å². The van der Waals surface area contributed by atoms with Crippen molar-refractivity contribution in [2.75, 3.05) is 6.54 Å². The van der Waals surface area contributed by atoms with Gasteiger partial charge in [0.05, 0.1) is 11.8 Å². The van der Waals surface area contributed by atoms with Gasteiger partial charge in [-0.15, -0.1) is 0 Å². The summed E-state index contributed by atoms with van der Waals surface area (Å²) < 4.78 is 4.26. The Kier molecular flexibility index (Phi) is 2.36.